The van der Waals surface area contributed by atoms with Crippen molar-refractivity contribution in [2.24, 2.45) is 0 Å². The Bertz CT molecular complexity index is 103. The molecule has 0 aliphatic rings. The van der Waals surface area contributed by atoms with Crippen LogP contribution in [0.25, 0.3) is 0 Å². The smallest absolute Gasteiger partial charge is 0.253 e. The third-order valence-electron chi connectivity index (χ3n) is 1.33. The summed E-state index contributed by atoms with van der Waals surface area (Å²) in [6.45, 7) is 2.36. The van der Waals surface area contributed by atoms with E-state index in [0.717, 1.165) is 0 Å². The van der Waals surface area contributed by atoms with Crippen LogP contribution in [-0.2, 0) is 4.74 Å². The van der Waals surface area contributed by atoms with Crippen LogP contribution in [0.3, 0.4) is 0 Å². The SMILES string of the molecule is CC(NCCOCCO)C(F)F. The molecule has 5 heteroatoms. The number of aliphatic hydroxyl groups is 1. The number of halogens is 2. The van der Waals surface area contributed by atoms with E-state index >= 15 is 0 Å². The lowest BCUT2D eigenvalue weighted by molar-refractivity contribution is 0.0776. The predicted molar refractivity (Wildman–Crippen MR) is 41.4 cm³/mol. The second-order valence-corrected chi connectivity index (χ2v) is 2.41. The zero-order valence-electron chi connectivity index (χ0n) is 7.09. The summed E-state index contributed by atoms with van der Waals surface area (Å²) in [6.07, 6.45) is -2.34. The minimum absolute atomic E-state index is 0.0373. The van der Waals surface area contributed by atoms with Gasteiger partial charge in [0.05, 0.1) is 25.9 Å². The molecule has 1 atom stereocenters. The highest BCUT2D eigenvalue weighted by Crippen LogP contribution is 1.97. The highest BCUT2D eigenvalue weighted by molar-refractivity contribution is 4.61. The summed E-state index contributed by atoms with van der Waals surface area (Å²) >= 11 is 0. The molecule has 0 fully saturated rings. The summed E-state index contributed by atoms with van der Waals surface area (Å²) in [4.78, 5) is 0. The van der Waals surface area contributed by atoms with Gasteiger partial charge in [0.1, 0.15) is 0 Å². The Kier molecular flexibility index (Phi) is 7.23. The van der Waals surface area contributed by atoms with Gasteiger partial charge in [0, 0.05) is 6.54 Å². The lowest BCUT2D eigenvalue weighted by Gasteiger charge is -2.11. The van der Waals surface area contributed by atoms with Gasteiger partial charge in [-0.05, 0) is 6.92 Å². The first-order chi connectivity index (χ1) is 5.68. The third-order valence-corrected chi connectivity index (χ3v) is 1.33. The fourth-order valence-electron chi connectivity index (χ4n) is 0.614. The Morgan fingerprint density at radius 3 is 2.58 bits per heavy atom. The molecule has 0 aromatic rings. The van der Waals surface area contributed by atoms with Gasteiger partial charge in [0.2, 0.25) is 0 Å². The van der Waals surface area contributed by atoms with E-state index in [1.165, 1.54) is 6.92 Å². The molecule has 0 rings (SSSR count). The van der Waals surface area contributed by atoms with Crippen molar-refractivity contribution in [3.63, 3.8) is 0 Å². The van der Waals surface area contributed by atoms with E-state index in [2.05, 4.69) is 5.32 Å². The van der Waals surface area contributed by atoms with Gasteiger partial charge in [-0.1, -0.05) is 0 Å². The van der Waals surface area contributed by atoms with E-state index in [9.17, 15) is 8.78 Å². The molecule has 0 saturated heterocycles. The first kappa shape index (κ1) is 11.7. The molecule has 0 aromatic carbocycles. The molecule has 12 heavy (non-hydrogen) atoms. The first-order valence-electron chi connectivity index (χ1n) is 3.88. The third kappa shape index (κ3) is 6.45. The van der Waals surface area contributed by atoms with Crippen LogP contribution in [0.2, 0.25) is 0 Å². The zero-order chi connectivity index (χ0) is 9.40. The lowest BCUT2D eigenvalue weighted by atomic mass is 10.3. The summed E-state index contributed by atoms with van der Waals surface area (Å²) in [5.41, 5.74) is 0. The van der Waals surface area contributed by atoms with Crippen LogP contribution in [0.4, 0.5) is 8.78 Å². The number of rotatable bonds is 7. The molecule has 0 aliphatic heterocycles. The fourth-order valence-corrected chi connectivity index (χ4v) is 0.614. The number of nitrogens with one attached hydrogen (secondary N) is 1. The standard InChI is InChI=1S/C7H15F2NO2/c1-6(7(8)9)10-2-4-12-5-3-11/h6-7,10-11H,2-5H2,1H3. The maximum absolute atomic E-state index is 11.9. The van der Waals surface area contributed by atoms with Crippen molar-refractivity contribution < 1.29 is 18.6 Å². The monoisotopic (exact) mass is 183 g/mol. The minimum atomic E-state index is -2.34. The molecule has 0 aliphatic carbocycles. The number of alkyl halides is 2. The van der Waals surface area contributed by atoms with Crippen molar-refractivity contribution in [3.05, 3.63) is 0 Å². The Hall–Kier alpha value is -0.260. The van der Waals surface area contributed by atoms with Gasteiger partial charge in [-0.2, -0.15) is 0 Å². The summed E-state index contributed by atoms with van der Waals surface area (Å²) < 4.78 is 28.6. The minimum Gasteiger partial charge on any atom is -0.394 e. The van der Waals surface area contributed by atoms with Crippen LogP contribution in [0.1, 0.15) is 6.92 Å². The number of hydrogen-bond donors (Lipinski definition) is 2. The number of aliphatic hydroxyl groups excluding tert-OH is 1. The summed E-state index contributed by atoms with van der Waals surface area (Å²) in [5.74, 6) is 0. The van der Waals surface area contributed by atoms with Gasteiger partial charge in [0.15, 0.2) is 0 Å². The zero-order valence-corrected chi connectivity index (χ0v) is 7.09. The molecule has 2 N–H and O–H groups in total. The van der Waals surface area contributed by atoms with Crippen LogP contribution in [0.15, 0.2) is 0 Å². The van der Waals surface area contributed by atoms with Gasteiger partial charge in [0.25, 0.3) is 6.43 Å². The van der Waals surface area contributed by atoms with Gasteiger partial charge in [-0.3, -0.25) is 0 Å². The van der Waals surface area contributed by atoms with E-state index < -0.39 is 12.5 Å². The molecule has 0 spiro atoms. The Morgan fingerprint density at radius 2 is 2.08 bits per heavy atom. The molecule has 0 heterocycles. The molecule has 0 saturated carbocycles. The van der Waals surface area contributed by atoms with E-state index in [-0.39, 0.29) is 13.2 Å². The fraction of sp³-hybridized carbons (Fsp3) is 1.00. The maximum atomic E-state index is 11.9. The molecule has 0 aromatic heterocycles. The number of ether oxygens (including phenoxy) is 1. The van der Waals surface area contributed by atoms with E-state index in [1.807, 2.05) is 0 Å². The molecular formula is C7H15F2NO2. The van der Waals surface area contributed by atoms with E-state index in [1.54, 1.807) is 0 Å². The molecule has 0 amide bonds. The number of hydrogen-bond acceptors (Lipinski definition) is 3. The van der Waals surface area contributed by atoms with Crippen LogP contribution in [0.5, 0.6) is 0 Å². The Balaban J connectivity index is 3.08. The van der Waals surface area contributed by atoms with Crippen LogP contribution < -0.4 is 5.32 Å². The van der Waals surface area contributed by atoms with Crippen LogP contribution in [-0.4, -0.2) is 43.9 Å². The molecule has 1 unspecified atom stereocenters. The van der Waals surface area contributed by atoms with Crippen molar-refractivity contribution in [2.45, 2.75) is 19.4 Å². The van der Waals surface area contributed by atoms with Crippen molar-refractivity contribution in [3.8, 4) is 0 Å². The largest absolute Gasteiger partial charge is 0.394 e. The summed E-state index contributed by atoms with van der Waals surface area (Å²) in [5, 5.41) is 10.9. The Morgan fingerprint density at radius 1 is 1.42 bits per heavy atom. The molecule has 0 bridgehead atoms. The summed E-state index contributed by atoms with van der Waals surface area (Å²) in [7, 11) is 0. The molecular weight excluding hydrogens is 168 g/mol. The van der Waals surface area contributed by atoms with E-state index in [4.69, 9.17) is 9.84 Å². The molecule has 0 radical (unpaired) electrons. The second kappa shape index (κ2) is 7.39. The quantitative estimate of drug-likeness (QED) is 0.555. The highest BCUT2D eigenvalue weighted by atomic mass is 19.3. The average molecular weight is 183 g/mol. The van der Waals surface area contributed by atoms with Crippen molar-refractivity contribution in [1.82, 2.24) is 5.32 Å². The normalized spacial score (nSPS) is 13.8. The molecule has 74 valence electrons. The van der Waals surface area contributed by atoms with Crippen molar-refractivity contribution in [2.75, 3.05) is 26.4 Å². The van der Waals surface area contributed by atoms with Gasteiger partial charge in [-0.15, -0.1) is 0 Å². The van der Waals surface area contributed by atoms with Crippen molar-refractivity contribution in [1.29, 1.82) is 0 Å². The van der Waals surface area contributed by atoms with Crippen LogP contribution >= 0.6 is 0 Å². The van der Waals surface area contributed by atoms with Crippen molar-refractivity contribution >= 4 is 0 Å². The van der Waals surface area contributed by atoms with Gasteiger partial charge < -0.3 is 15.2 Å². The first-order valence-corrected chi connectivity index (χ1v) is 3.88. The summed E-state index contributed by atoms with van der Waals surface area (Å²) in [6, 6.07) is -0.803. The maximum Gasteiger partial charge on any atom is 0.253 e. The van der Waals surface area contributed by atoms with Crippen LogP contribution in [0, 0.1) is 0 Å². The average Bonchev–Trinajstić information content (AvgIpc) is 2.03. The lowest BCUT2D eigenvalue weighted by Crippen LogP contribution is -2.35. The topological polar surface area (TPSA) is 41.5 Å². The Labute approximate surface area is 70.7 Å². The van der Waals surface area contributed by atoms with Gasteiger partial charge >= 0.3 is 0 Å². The molecule has 3 nitrogen and oxygen atoms in total. The highest BCUT2D eigenvalue weighted by Gasteiger charge is 2.12. The van der Waals surface area contributed by atoms with Gasteiger partial charge in [-0.25, -0.2) is 8.78 Å². The predicted octanol–water partition coefficient (Wildman–Crippen LogP) is 0.238. The second-order valence-electron chi connectivity index (χ2n) is 2.41. The van der Waals surface area contributed by atoms with E-state index in [0.29, 0.717) is 13.2 Å².